The zero-order valence-electron chi connectivity index (χ0n) is 33.7. The number of rotatable bonds is 20. The SMILES string of the molecule is CCOC(=O)c1c(C/C=C/CC(C)C(CC(CCO[Si](C)(C)C(C)(C)C)OCc2ccc(OC)cc2)O[Si](C)(C)C(C)(C)C)cccc1OC. The van der Waals surface area contributed by atoms with E-state index in [1.807, 2.05) is 31.2 Å². The molecule has 0 saturated heterocycles. The minimum absolute atomic E-state index is 0.00110. The van der Waals surface area contributed by atoms with Gasteiger partial charge in [0.05, 0.1) is 39.6 Å². The molecule has 9 heteroatoms. The van der Waals surface area contributed by atoms with Crippen molar-refractivity contribution in [3.8, 4) is 11.5 Å². The summed E-state index contributed by atoms with van der Waals surface area (Å²) >= 11 is 0. The average Bonchev–Trinajstić information content (AvgIpc) is 3.03. The van der Waals surface area contributed by atoms with Crippen LogP contribution in [0.4, 0.5) is 0 Å². The third-order valence-electron chi connectivity index (χ3n) is 10.6. The molecular weight excluding hydrogens is 661 g/mol. The van der Waals surface area contributed by atoms with Gasteiger partial charge >= 0.3 is 5.97 Å². The summed E-state index contributed by atoms with van der Waals surface area (Å²) in [5.74, 6) is 1.25. The van der Waals surface area contributed by atoms with Crippen LogP contribution in [0.1, 0.15) is 96.1 Å². The molecule has 0 amide bonds. The van der Waals surface area contributed by atoms with Crippen molar-refractivity contribution in [3.63, 3.8) is 0 Å². The number of methoxy groups -OCH3 is 2. The lowest BCUT2D eigenvalue weighted by Crippen LogP contribution is -2.46. The maximum atomic E-state index is 12.8. The van der Waals surface area contributed by atoms with Crippen LogP contribution in [-0.4, -0.2) is 62.2 Å². The lowest BCUT2D eigenvalue weighted by atomic mass is 9.94. The number of hydrogen-bond donors (Lipinski definition) is 0. The molecule has 0 aliphatic carbocycles. The molecule has 2 rings (SSSR count). The zero-order valence-corrected chi connectivity index (χ0v) is 35.7. The first-order valence-electron chi connectivity index (χ1n) is 18.3. The van der Waals surface area contributed by atoms with Crippen LogP contribution in [0.2, 0.25) is 36.3 Å². The maximum Gasteiger partial charge on any atom is 0.342 e. The highest BCUT2D eigenvalue weighted by Crippen LogP contribution is 2.40. The largest absolute Gasteiger partial charge is 0.497 e. The molecule has 2 aromatic rings. The number of carbonyl (C=O) groups is 1. The maximum absolute atomic E-state index is 12.8. The van der Waals surface area contributed by atoms with E-state index >= 15 is 0 Å². The van der Waals surface area contributed by atoms with E-state index in [4.69, 9.17) is 27.8 Å². The molecule has 0 aromatic heterocycles. The van der Waals surface area contributed by atoms with E-state index in [1.165, 1.54) is 0 Å². The molecule has 0 heterocycles. The van der Waals surface area contributed by atoms with Crippen molar-refractivity contribution in [3.05, 3.63) is 71.3 Å². The Morgan fingerprint density at radius 2 is 1.50 bits per heavy atom. The van der Waals surface area contributed by atoms with Crippen molar-refractivity contribution < 1.29 is 32.6 Å². The molecule has 0 bridgehead atoms. The molecule has 0 aliphatic rings. The molecular formula is C41H68O7Si2. The van der Waals surface area contributed by atoms with Crippen molar-refractivity contribution in [1.29, 1.82) is 0 Å². The lowest BCUT2D eigenvalue weighted by Gasteiger charge is -2.42. The van der Waals surface area contributed by atoms with Crippen LogP contribution in [0.3, 0.4) is 0 Å². The summed E-state index contributed by atoms with van der Waals surface area (Å²) in [6.45, 7) is 28.6. The van der Waals surface area contributed by atoms with Crippen LogP contribution in [0.25, 0.3) is 0 Å². The Hall–Kier alpha value is -2.44. The lowest BCUT2D eigenvalue weighted by molar-refractivity contribution is -0.0154. The van der Waals surface area contributed by atoms with Crippen LogP contribution in [0.5, 0.6) is 11.5 Å². The third-order valence-corrected chi connectivity index (χ3v) is 19.6. The van der Waals surface area contributed by atoms with Gasteiger partial charge in [-0.2, -0.15) is 0 Å². The van der Waals surface area contributed by atoms with Crippen molar-refractivity contribution in [2.75, 3.05) is 27.4 Å². The first-order valence-corrected chi connectivity index (χ1v) is 24.1. The summed E-state index contributed by atoms with van der Waals surface area (Å²) in [5, 5.41) is 0.213. The fraction of sp³-hybridized carbons (Fsp3) is 0.634. The second kappa shape index (κ2) is 19.4. The Bertz CT molecular complexity index is 1340. The topological polar surface area (TPSA) is 72.5 Å². The van der Waals surface area contributed by atoms with Gasteiger partial charge in [0.1, 0.15) is 17.1 Å². The Morgan fingerprint density at radius 3 is 2.06 bits per heavy atom. The molecule has 0 N–H and O–H groups in total. The Kier molecular flexibility index (Phi) is 17.0. The van der Waals surface area contributed by atoms with Gasteiger partial charge in [0.2, 0.25) is 0 Å². The minimum atomic E-state index is -2.10. The summed E-state index contributed by atoms with van der Waals surface area (Å²) in [4.78, 5) is 12.8. The van der Waals surface area contributed by atoms with E-state index in [0.29, 0.717) is 37.6 Å². The van der Waals surface area contributed by atoms with E-state index in [9.17, 15) is 4.79 Å². The number of carbonyl (C=O) groups excluding carboxylic acids is 1. The van der Waals surface area contributed by atoms with Crippen molar-refractivity contribution in [2.24, 2.45) is 5.92 Å². The molecule has 282 valence electrons. The number of benzene rings is 2. The van der Waals surface area contributed by atoms with E-state index in [-0.39, 0.29) is 34.2 Å². The third kappa shape index (κ3) is 13.3. The predicted molar refractivity (Wildman–Crippen MR) is 212 cm³/mol. The van der Waals surface area contributed by atoms with Crippen LogP contribution in [0.15, 0.2) is 54.6 Å². The molecule has 2 aromatic carbocycles. The number of ether oxygens (including phenoxy) is 4. The van der Waals surface area contributed by atoms with E-state index in [2.05, 4.69) is 98.9 Å². The van der Waals surface area contributed by atoms with E-state index in [1.54, 1.807) is 20.3 Å². The van der Waals surface area contributed by atoms with E-state index in [0.717, 1.165) is 36.1 Å². The molecule has 3 unspecified atom stereocenters. The van der Waals surface area contributed by atoms with Crippen LogP contribution in [0, 0.1) is 5.92 Å². The number of esters is 1. The quantitative estimate of drug-likeness (QED) is 0.0763. The summed E-state index contributed by atoms with van der Waals surface area (Å²) in [7, 11) is -0.747. The zero-order chi connectivity index (χ0) is 37.8. The Balaban J connectivity index is 2.31. The molecule has 3 atom stereocenters. The van der Waals surface area contributed by atoms with Gasteiger partial charge in [-0.1, -0.05) is 84.9 Å². The highest BCUT2D eigenvalue weighted by Gasteiger charge is 2.41. The Morgan fingerprint density at radius 1 is 0.860 bits per heavy atom. The smallest absolute Gasteiger partial charge is 0.342 e. The van der Waals surface area contributed by atoms with Crippen LogP contribution in [-0.2, 0) is 31.4 Å². The van der Waals surface area contributed by atoms with Crippen molar-refractivity contribution in [1.82, 2.24) is 0 Å². The molecule has 0 fully saturated rings. The highest BCUT2D eigenvalue weighted by molar-refractivity contribution is 6.74. The van der Waals surface area contributed by atoms with Gasteiger partial charge in [0, 0.05) is 6.61 Å². The van der Waals surface area contributed by atoms with Crippen molar-refractivity contribution in [2.45, 2.75) is 136 Å². The summed E-state index contributed by atoms with van der Waals surface area (Å²) in [6, 6.07) is 13.8. The highest BCUT2D eigenvalue weighted by atomic mass is 28.4. The molecule has 50 heavy (non-hydrogen) atoms. The second-order valence-electron chi connectivity index (χ2n) is 16.4. The van der Waals surface area contributed by atoms with Gasteiger partial charge in [0.15, 0.2) is 16.6 Å². The standard InChI is InChI=1S/C41H68O7Si2/c1-15-45-39(42)38-33(21-18-22-36(38)44-10)20-17-16-19-31(2)37(48-50(13,14)41(6,7)8)29-35(27-28-47-49(11,12)40(3,4)5)46-30-32-23-25-34(43-9)26-24-32/h16-18,21-26,31,35,37H,15,19-20,27-30H2,1-14H3/b17-16+. The fourth-order valence-corrected chi connectivity index (χ4v) is 7.60. The van der Waals surface area contributed by atoms with Crippen LogP contribution >= 0.6 is 0 Å². The molecule has 0 radical (unpaired) electrons. The fourth-order valence-electron chi connectivity index (χ4n) is 5.10. The second-order valence-corrected chi connectivity index (χ2v) is 26.0. The molecule has 0 spiro atoms. The first kappa shape index (κ1) is 43.7. The van der Waals surface area contributed by atoms with Gasteiger partial charge in [-0.3, -0.25) is 0 Å². The summed E-state index contributed by atoms with van der Waals surface area (Å²) in [6.07, 6.45) is 7.34. The molecule has 0 aliphatic heterocycles. The minimum Gasteiger partial charge on any atom is -0.497 e. The van der Waals surface area contributed by atoms with Crippen LogP contribution < -0.4 is 9.47 Å². The normalized spacial score (nSPS) is 14.8. The number of hydrogen-bond acceptors (Lipinski definition) is 7. The monoisotopic (exact) mass is 728 g/mol. The van der Waals surface area contributed by atoms with Gasteiger partial charge in [-0.05, 0) is 104 Å². The average molecular weight is 729 g/mol. The van der Waals surface area contributed by atoms with Gasteiger partial charge in [-0.15, -0.1) is 0 Å². The predicted octanol–water partition coefficient (Wildman–Crippen LogP) is 10.8. The van der Waals surface area contributed by atoms with E-state index < -0.39 is 16.6 Å². The summed E-state index contributed by atoms with van der Waals surface area (Å²) in [5.41, 5.74) is 2.48. The van der Waals surface area contributed by atoms with Crippen molar-refractivity contribution >= 4 is 22.6 Å². The molecule has 7 nitrogen and oxygen atoms in total. The summed E-state index contributed by atoms with van der Waals surface area (Å²) < 4.78 is 36.7. The number of allylic oxidation sites excluding steroid dienone is 2. The van der Waals surface area contributed by atoms with Gasteiger partial charge < -0.3 is 27.8 Å². The Labute approximate surface area is 306 Å². The molecule has 0 saturated carbocycles. The first-order chi connectivity index (χ1) is 23.3. The van der Waals surface area contributed by atoms with Gasteiger partial charge in [0.25, 0.3) is 0 Å². The van der Waals surface area contributed by atoms with Gasteiger partial charge in [-0.25, -0.2) is 4.79 Å².